The maximum atomic E-state index is 11.9. The molecule has 0 heterocycles. The molecule has 16 heavy (non-hydrogen) atoms. The molecule has 1 fully saturated rings. The first-order chi connectivity index (χ1) is 7.58. The molecule has 1 aromatic rings. The summed E-state index contributed by atoms with van der Waals surface area (Å²) in [4.78, 5) is 11.9. The number of hydrogen-bond donors (Lipinski definition) is 1. The van der Waals surface area contributed by atoms with Crippen LogP contribution in [-0.4, -0.2) is 3.79 Å². The molecule has 1 saturated carbocycles. The molecule has 0 saturated heterocycles. The van der Waals surface area contributed by atoms with Crippen molar-refractivity contribution in [1.82, 2.24) is 0 Å². The molecule has 2 nitrogen and oxygen atoms in total. The summed E-state index contributed by atoms with van der Waals surface area (Å²) in [5, 5.41) is 0. The van der Waals surface area contributed by atoms with E-state index >= 15 is 0 Å². The Morgan fingerprint density at radius 3 is 2.75 bits per heavy atom. The SMILES string of the molecule is Cc1ccc(N)c(C)c1[I-]C(=O)CC1CC1. The number of anilines is 1. The monoisotopic (exact) mass is 330 g/mol. The summed E-state index contributed by atoms with van der Waals surface area (Å²) in [6.07, 6.45) is 3.32. The molecule has 0 radical (unpaired) electrons. The van der Waals surface area contributed by atoms with Crippen LogP contribution in [0.1, 0.15) is 30.4 Å². The van der Waals surface area contributed by atoms with E-state index in [2.05, 4.69) is 6.92 Å². The fraction of sp³-hybridized carbons (Fsp3) is 0.462. The number of halogens is 1. The van der Waals surface area contributed by atoms with E-state index in [-0.39, 0.29) is 0 Å². The van der Waals surface area contributed by atoms with Gasteiger partial charge >= 0.3 is 107 Å². The van der Waals surface area contributed by atoms with E-state index in [0.717, 1.165) is 17.7 Å². The standard InChI is InChI=1S/C13H17INO/c1-8-3-6-11(15)9(2)13(8)14-12(16)7-10-4-5-10/h3,6,10H,4-5,7,15H2,1-2H3/q-1. The summed E-state index contributed by atoms with van der Waals surface area (Å²) in [5.41, 5.74) is 9.05. The van der Waals surface area contributed by atoms with Crippen LogP contribution in [0.5, 0.6) is 0 Å². The van der Waals surface area contributed by atoms with Gasteiger partial charge in [-0.1, -0.05) is 0 Å². The van der Waals surface area contributed by atoms with Gasteiger partial charge in [0.05, 0.1) is 0 Å². The average molecular weight is 330 g/mol. The van der Waals surface area contributed by atoms with E-state index in [1.165, 1.54) is 22.0 Å². The Balaban J connectivity index is 2.12. The molecule has 0 aliphatic heterocycles. The maximum absolute atomic E-state index is 11.9. The zero-order valence-corrected chi connectivity index (χ0v) is 11.9. The molecule has 0 unspecified atom stereocenters. The second-order valence-corrected chi connectivity index (χ2v) is 7.33. The van der Waals surface area contributed by atoms with Crippen molar-refractivity contribution < 1.29 is 26.0 Å². The van der Waals surface area contributed by atoms with Gasteiger partial charge in [0.25, 0.3) is 0 Å². The molecule has 2 rings (SSSR count). The normalized spacial score (nSPS) is 15.4. The van der Waals surface area contributed by atoms with E-state index < -0.39 is 21.2 Å². The molecule has 0 spiro atoms. The topological polar surface area (TPSA) is 43.1 Å². The summed E-state index contributed by atoms with van der Waals surface area (Å²) < 4.78 is 1.71. The van der Waals surface area contributed by atoms with Crippen LogP contribution < -0.4 is 26.9 Å². The number of nitrogens with two attached hydrogens (primary N) is 1. The van der Waals surface area contributed by atoms with Crippen LogP contribution in [0.15, 0.2) is 12.1 Å². The van der Waals surface area contributed by atoms with Gasteiger partial charge in [0, 0.05) is 0 Å². The zero-order chi connectivity index (χ0) is 11.7. The summed E-state index contributed by atoms with van der Waals surface area (Å²) in [5.74, 6) is 0.703. The summed E-state index contributed by atoms with van der Waals surface area (Å²) in [6.45, 7) is 4.10. The predicted octanol–water partition coefficient (Wildman–Crippen LogP) is -0.529. The second-order valence-electron chi connectivity index (χ2n) is 4.51. The third kappa shape index (κ3) is 2.75. The Bertz CT molecular complexity index is 424. The van der Waals surface area contributed by atoms with Gasteiger partial charge < -0.3 is 0 Å². The summed E-state index contributed by atoms with van der Waals surface area (Å²) in [6, 6.07) is 3.96. The van der Waals surface area contributed by atoms with Crippen molar-refractivity contribution >= 4 is 9.48 Å². The number of benzene rings is 1. The van der Waals surface area contributed by atoms with Gasteiger partial charge in [0.2, 0.25) is 0 Å². The Morgan fingerprint density at radius 2 is 2.12 bits per heavy atom. The average Bonchev–Trinajstić information content (AvgIpc) is 3.02. The molecular formula is C13H17INO-. The Labute approximate surface area is 107 Å². The minimum atomic E-state index is -0.509. The molecule has 88 valence electrons. The van der Waals surface area contributed by atoms with E-state index in [4.69, 9.17) is 5.73 Å². The van der Waals surface area contributed by atoms with E-state index in [1.54, 1.807) is 0 Å². The second kappa shape index (κ2) is 4.73. The van der Waals surface area contributed by atoms with Crippen LogP contribution >= 0.6 is 0 Å². The van der Waals surface area contributed by atoms with Crippen molar-refractivity contribution in [2.24, 2.45) is 5.92 Å². The first-order valence-corrected chi connectivity index (χ1v) is 7.77. The number of carbonyl (C=O) groups excluding carboxylic acids is 1. The van der Waals surface area contributed by atoms with Gasteiger partial charge in [-0.05, 0) is 0 Å². The van der Waals surface area contributed by atoms with Crippen molar-refractivity contribution in [3.63, 3.8) is 0 Å². The number of nitrogen functional groups attached to an aromatic ring is 1. The summed E-state index contributed by atoms with van der Waals surface area (Å²) in [7, 11) is 0. The third-order valence-electron chi connectivity index (χ3n) is 2.97. The third-order valence-corrected chi connectivity index (χ3v) is 6.21. The Kier molecular flexibility index (Phi) is 3.52. The van der Waals surface area contributed by atoms with Crippen molar-refractivity contribution in [1.29, 1.82) is 0 Å². The van der Waals surface area contributed by atoms with Crippen LogP contribution in [0, 0.1) is 23.3 Å². The van der Waals surface area contributed by atoms with Crippen LogP contribution in [0.4, 0.5) is 5.69 Å². The van der Waals surface area contributed by atoms with E-state index in [0.29, 0.717) is 9.71 Å². The number of carbonyl (C=O) groups is 1. The fourth-order valence-corrected chi connectivity index (χ4v) is 4.44. The molecule has 3 heteroatoms. The van der Waals surface area contributed by atoms with Crippen LogP contribution in [0.3, 0.4) is 0 Å². The molecule has 0 aromatic heterocycles. The Hall–Kier alpha value is -0.580. The van der Waals surface area contributed by atoms with Crippen molar-refractivity contribution in [3.05, 3.63) is 26.8 Å². The number of hydrogen-bond acceptors (Lipinski definition) is 2. The van der Waals surface area contributed by atoms with Gasteiger partial charge in [0.15, 0.2) is 0 Å². The van der Waals surface area contributed by atoms with E-state index in [1.807, 2.05) is 19.1 Å². The van der Waals surface area contributed by atoms with Gasteiger partial charge in [-0.15, -0.1) is 0 Å². The summed E-state index contributed by atoms with van der Waals surface area (Å²) >= 11 is -0.509. The van der Waals surface area contributed by atoms with Gasteiger partial charge in [-0.2, -0.15) is 0 Å². The molecule has 1 aliphatic rings. The Morgan fingerprint density at radius 1 is 1.44 bits per heavy atom. The van der Waals surface area contributed by atoms with Gasteiger partial charge in [0.1, 0.15) is 0 Å². The predicted molar refractivity (Wildman–Crippen MR) is 61.4 cm³/mol. The van der Waals surface area contributed by atoms with Crippen molar-refractivity contribution in [2.45, 2.75) is 33.1 Å². The van der Waals surface area contributed by atoms with Crippen molar-refractivity contribution in [3.8, 4) is 0 Å². The van der Waals surface area contributed by atoms with Crippen LogP contribution in [0.2, 0.25) is 0 Å². The van der Waals surface area contributed by atoms with Gasteiger partial charge in [-0.3, -0.25) is 0 Å². The van der Waals surface area contributed by atoms with Crippen molar-refractivity contribution in [2.75, 3.05) is 5.73 Å². The zero-order valence-electron chi connectivity index (χ0n) is 9.72. The van der Waals surface area contributed by atoms with Crippen LogP contribution in [-0.2, 0) is 4.79 Å². The molecule has 0 atom stereocenters. The molecular weight excluding hydrogens is 313 g/mol. The quantitative estimate of drug-likeness (QED) is 0.458. The molecule has 1 aromatic carbocycles. The fourth-order valence-electron chi connectivity index (χ4n) is 1.67. The molecule has 0 amide bonds. The molecule has 2 N–H and O–H groups in total. The van der Waals surface area contributed by atoms with E-state index in [9.17, 15) is 4.79 Å². The first-order valence-electron chi connectivity index (χ1n) is 5.61. The molecule has 1 aliphatic carbocycles. The first kappa shape index (κ1) is 11.9. The minimum absolute atomic E-state index is 0.470. The van der Waals surface area contributed by atoms with Crippen LogP contribution in [0.25, 0.3) is 0 Å². The van der Waals surface area contributed by atoms with Gasteiger partial charge in [-0.25, -0.2) is 0 Å². The molecule has 0 bridgehead atoms. The number of rotatable bonds is 4. The number of aryl methyl sites for hydroxylation is 1.